The second-order valence-electron chi connectivity index (χ2n) is 4.58. The van der Waals surface area contributed by atoms with Crippen LogP contribution in [0, 0.1) is 0 Å². The maximum atomic E-state index is 12.2. The van der Waals surface area contributed by atoms with Crippen molar-refractivity contribution in [3.8, 4) is 0 Å². The van der Waals surface area contributed by atoms with Gasteiger partial charge in [0.25, 0.3) is 0 Å². The number of hydrogen-bond donors (Lipinski definition) is 2. The quantitative estimate of drug-likeness (QED) is 0.771. The van der Waals surface area contributed by atoms with Gasteiger partial charge in [-0.05, 0) is 30.8 Å². The molecular weight excluding hydrogens is 282 g/mol. The van der Waals surface area contributed by atoms with E-state index in [1.807, 2.05) is 6.92 Å². The SMILES string of the molecule is CCCC(CC)Nc1snc(N)c1S(=O)(=O)CCC. The third kappa shape index (κ3) is 4.07. The second-order valence-corrected chi connectivity index (χ2v) is 7.40. The van der Waals surface area contributed by atoms with Crippen molar-refractivity contribution >= 4 is 32.2 Å². The molecule has 0 aliphatic heterocycles. The summed E-state index contributed by atoms with van der Waals surface area (Å²) in [5, 5.41) is 3.87. The molecule has 1 aromatic heterocycles. The van der Waals surface area contributed by atoms with E-state index in [4.69, 9.17) is 5.73 Å². The van der Waals surface area contributed by atoms with Crippen LogP contribution in [0.4, 0.5) is 10.8 Å². The Morgan fingerprint density at radius 3 is 2.53 bits per heavy atom. The van der Waals surface area contributed by atoms with Gasteiger partial charge in [0, 0.05) is 6.04 Å². The molecule has 0 saturated carbocycles. The molecule has 110 valence electrons. The summed E-state index contributed by atoms with van der Waals surface area (Å²) >= 11 is 1.13. The minimum absolute atomic E-state index is 0.106. The molecule has 1 aromatic rings. The highest BCUT2D eigenvalue weighted by Crippen LogP contribution is 2.33. The summed E-state index contributed by atoms with van der Waals surface area (Å²) in [7, 11) is -3.34. The lowest BCUT2D eigenvalue weighted by molar-refractivity contribution is 0.594. The average molecular weight is 305 g/mol. The molecule has 0 amide bonds. The lowest BCUT2D eigenvalue weighted by Gasteiger charge is -2.17. The topological polar surface area (TPSA) is 85.1 Å². The third-order valence-electron chi connectivity index (χ3n) is 2.92. The van der Waals surface area contributed by atoms with Crippen LogP contribution in [0.25, 0.3) is 0 Å². The first-order chi connectivity index (χ1) is 8.96. The van der Waals surface area contributed by atoms with Crippen LogP contribution in [0.3, 0.4) is 0 Å². The minimum atomic E-state index is -3.34. The van der Waals surface area contributed by atoms with Gasteiger partial charge >= 0.3 is 0 Å². The summed E-state index contributed by atoms with van der Waals surface area (Å²) in [6, 6.07) is 0.264. The Morgan fingerprint density at radius 2 is 2.00 bits per heavy atom. The van der Waals surface area contributed by atoms with Gasteiger partial charge in [-0.2, -0.15) is 4.37 Å². The number of nitrogens with one attached hydrogen (secondary N) is 1. The Balaban J connectivity index is 3.04. The number of anilines is 2. The number of aromatic nitrogens is 1. The maximum absolute atomic E-state index is 12.2. The van der Waals surface area contributed by atoms with Gasteiger partial charge in [-0.25, -0.2) is 8.42 Å². The zero-order valence-corrected chi connectivity index (χ0v) is 13.4. The molecule has 0 aliphatic rings. The van der Waals surface area contributed by atoms with E-state index >= 15 is 0 Å². The van der Waals surface area contributed by atoms with E-state index in [-0.39, 0.29) is 22.5 Å². The molecule has 0 spiro atoms. The molecule has 1 heterocycles. The second kappa shape index (κ2) is 7.09. The van der Waals surface area contributed by atoms with Gasteiger partial charge in [0.1, 0.15) is 9.90 Å². The smallest absolute Gasteiger partial charge is 0.185 e. The summed E-state index contributed by atoms with van der Waals surface area (Å²) < 4.78 is 28.4. The Bertz CT molecular complexity index is 497. The van der Waals surface area contributed by atoms with Gasteiger partial charge in [-0.15, -0.1) is 0 Å². The fourth-order valence-corrected chi connectivity index (χ4v) is 4.66. The molecule has 0 fully saturated rings. The molecule has 0 aliphatic carbocycles. The monoisotopic (exact) mass is 305 g/mol. The first-order valence-corrected chi connectivity index (χ1v) is 9.13. The number of hydrogen-bond acceptors (Lipinski definition) is 6. The largest absolute Gasteiger partial charge is 0.382 e. The molecule has 1 unspecified atom stereocenters. The van der Waals surface area contributed by atoms with Gasteiger partial charge in [0.05, 0.1) is 5.75 Å². The lowest BCUT2D eigenvalue weighted by atomic mass is 10.1. The van der Waals surface area contributed by atoms with Crippen molar-refractivity contribution in [1.82, 2.24) is 4.37 Å². The van der Waals surface area contributed by atoms with Crippen molar-refractivity contribution in [1.29, 1.82) is 0 Å². The van der Waals surface area contributed by atoms with E-state index in [2.05, 4.69) is 23.5 Å². The van der Waals surface area contributed by atoms with E-state index in [9.17, 15) is 8.42 Å². The standard InChI is InChI=1S/C12H23N3O2S2/c1-4-7-9(6-3)14-12-10(11(13)15-18-12)19(16,17)8-5-2/h9,14H,4-8H2,1-3H3,(H2,13,15). The number of rotatable bonds is 8. The van der Waals surface area contributed by atoms with Crippen molar-refractivity contribution in [3.63, 3.8) is 0 Å². The molecule has 5 nitrogen and oxygen atoms in total. The Hall–Kier alpha value is -0.820. The number of sulfone groups is 1. The zero-order chi connectivity index (χ0) is 14.5. The average Bonchev–Trinajstić information content (AvgIpc) is 2.70. The summed E-state index contributed by atoms with van der Waals surface area (Å²) in [6.45, 7) is 6.03. The van der Waals surface area contributed by atoms with Crippen molar-refractivity contribution < 1.29 is 8.42 Å². The summed E-state index contributed by atoms with van der Waals surface area (Å²) in [4.78, 5) is 0.189. The number of nitrogens with two attached hydrogens (primary N) is 1. The molecule has 0 bridgehead atoms. The van der Waals surface area contributed by atoms with Crippen LogP contribution in [0.1, 0.15) is 46.5 Å². The summed E-state index contributed by atoms with van der Waals surface area (Å²) in [5.41, 5.74) is 5.73. The van der Waals surface area contributed by atoms with Gasteiger partial charge in [0.15, 0.2) is 15.7 Å². The van der Waals surface area contributed by atoms with Crippen LogP contribution < -0.4 is 11.1 Å². The first-order valence-electron chi connectivity index (χ1n) is 6.70. The minimum Gasteiger partial charge on any atom is -0.382 e. The maximum Gasteiger partial charge on any atom is 0.185 e. The van der Waals surface area contributed by atoms with Crippen molar-refractivity contribution in [2.75, 3.05) is 16.8 Å². The highest BCUT2D eigenvalue weighted by Gasteiger charge is 2.25. The third-order valence-corrected chi connectivity index (χ3v) is 5.83. The van der Waals surface area contributed by atoms with E-state index in [1.54, 1.807) is 0 Å². The molecule has 0 radical (unpaired) electrons. The Labute approximate surface area is 119 Å². The van der Waals surface area contributed by atoms with Gasteiger partial charge in [-0.1, -0.05) is 27.2 Å². The van der Waals surface area contributed by atoms with Crippen molar-refractivity contribution in [2.45, 2.75) is 57.4 Å². The molecule has 1 atom stereocenters. The van der Waals surface area contributed by atoms with E-state index in [0.717, 1.165) is 30.8 Å². The summed E-state index contributed by atoms with van der Waals surface area (Å²) in [6.07, 6.45) is 3.57. The summed E-state index contributed by atoms with van der Waals surface area (Å²) in [5.74, 6) is 0.224. The fraction of sp³-hybridized carbons (Fsp3) is 0.750. The van der Waals surface area contributed by atoms with E-state index < -0.39 is 9.84 Å². The number of nitrogen functional groups attached to an aromatic ring is 1. The van der Waals surface area contributed by atoms with Crippen LogP contribution in [0.2, 0.25) is 0 Å². The highest BCUT2D eigenvalue weighted by atomic mass is 32.2. The Kier molecular flexibility index (Phi) is 6.06. The van der Waals surface area contributed by atoms with Crippen LogP contribution in [0.5, 0.6) is 0 Å². The molecule has 7 heteroatoms. The van der Waals surface area contributed by atoms with Crippen LogP contribution in [-0.4, -0.2) is 24.6 Å². The Morgan fingerprint density at radius 1 is 1.32 bits per heavy atom. The molecule has 0 saturated heterocycles. The van der Waals surface area contributed by atoms with Crippen LogP contribution >= 0.6 is 11.5 Å². The molecular formula is C12H23N3O2S2. The van der Waals surface area contributed by atoms with E-state index in [0.29, 0.717) is 11.4 Å². The molecule has 19 heavy (non-hydrogen) atoms. The van der Waals surface area contributed by atoms with Gasteiger partial charge < -0.3 is 11.1 Å². The van der Waals surface area contributed by atoms with Gasteiger partial charge in [0.2, 0.25) is 0 Å². The predicted molar refractivity (Wildman–Crippen MR) is 81.5 cm³/mol. The lowest BCUT2D eigenvalue weighted by Crippen LogP contribution is -2.19. The van der Waals surface area contributed by atoms with Crippen LogP contribution in [-0.2, 0) is 9.84 Å². The van der Waals surface area contributed by atoms with E-state index in [1.165, 1.54) is 0 Å². The molecule has 3 N–H and O–H groups in total. The van der Waals surface area contributed by atoms with Crippen LogP contribution in [0.15, 0.2) is 4.90 Å². The molecule has 1 rings (SSSR count). The molecule has 0 aromatic carbocycles. The van der Waals surface area contributed by atoms with Gasteiger partial charge in [-0.3, -0.25) is 0 Å². The van der Waals surface area contributed by atoms with Crippen molar-refractivity contribution in [3.05, 3.63) is 0 Å². The first kappa shape index (κ1) is 16.2. The highest BCUT2D eigenvalue weighted by molar-refractivity contribution is 7.91. The number of nitrogens with zero attached hydrogens (tertiary/aromatic N) is 1. The normalized spacial score (nSPS) is 13.4. The fourth-order valence-electron chi connectivity index (χ4n) is 1.97. The van der Waals surface area contributed by atoms with Crippen molar-refractivity contribution in [2.24, 2.45) is 0 Å². The predicted octanol–water partition coefficient (Wildman–Crippen LogP) is 2.90. The zero-order valence-electron chi connectivity index (χ0n) is 11.8.